The number of rotatable bonds is 2. The number of H-pyrrole nitrogens is 1. The van der Waals surface area contributed by atoms with Gasteiger partial charge in [-0.3, -0.25) is 0 Å². The van der Waals surface area contributed by atoms with Gasteiger partial charge >= 0.3 is 0 Å². The first kappa shape index (κ1) is 9.43. The summed E-state index contributed by atoms with van der Waals surface area (Å²) in [4.78, 5) is 3.28. The highest BCUT2D eigenvalue weighted by Gasteiger charge is 2.30. The average Bonchev–Trinajstić information content (AvgIpc) is 2.98. The SMILES string of the molecule is NC(c1c[nH]c2ccc(Br)cc12)C1CC1. The van der Waals surface area contributed by atoms with Crippen LogP contribution in [0, 0.1) is 5.92 Å². The van der Waals surface area contributed by atoms with Crippen molar-refractivity contribution in [1.29, 1.82) is 0 Å². The molecule has 0 spiro atoms. The Balaban J connectivity index is 2.13. The van der Waals surface area contributed by atoms with E-state index in [1.54, 1.807) is 0 Å². The molecule has 1 unspecified atom stereocenters. The Kier molecular flexibility index (Phi) is 2.11. The molecule has 1 fully saturated rings. The zero-order chi connectivity index (χ0) is 10.4. The Morgan fingerprint density at radius 3 is 2.93 bits per heavy atom. The second kappa shape index (κ2) is 3.35. The van der Waals surface area contributed by atoms with Gasteiger partial charge in [0.25, 0.3) is 0 Å². The first-order valence-electron chi connectivity index (χ1n) is 5.28. The summed E-state index contributed by atoms with van der Waals surface area (Å²) in [5.41, 5.74) is 8.65. The highest BCUT2D eigenvalue weighted by atomic mass is 79.9. The van der Waals surface area contributed by atoms with E-state index in [4.69, 9.17) is 5.73 Å². The molecule has 3 heteroatoms. The van der Waals surface area contributed by atoms with E-state index < -0.39 is 0 Å². The molecule has 0 bridgehead atoms. The number of hydrogen-bond donors (Lipinski definition) is 2. The van der Waals surface area contributed by atoms with Gasteiger partial charge in [0.05, 0.1) is 0 Å². The highest BCUT2D eigenvalue weighted by Crippen LogP contribution is 2.41. The molecule has 1 aliphatic rings. The molecule has 0 aliphatic heterocycles. The third kappa shape index (κ3) is 1.60. The van der Waals surface area contributed by atoms with Crippen LogP contribution < -0.4 is 5.73 Å². The zero-order valence-corrected chi connectivity index (χ0v) is 9.92. The van der Waals surface area contributed by atoms with Crippen molar-refractivity contribution in [2.75, 3.05) is 0 Å². The van der Waals surface area contributed by atoms with E-state index >= 15 is 0 Å². The Morgan fingerprint density at radius 1 is 1.40 bits per heavy atom. The largest absolute Gasteiger partial charge is 0.361 e. The Hall–Kier alpha value is -0.800. The monoisotopic (exact) mass is 264 g/mol. The molecule has 1 saturated carbocycles. The molecule has 1 heterocycles. The molecule has 0 amide bonds. The third-order valence-electron chi connectivity index (χ3n) is 3.16. The van der Waals surface area contributed by atoms with Gasteiger partial charge in [-0.2, -0.15) is 0 Å². The normalized spacial score (nSPS) is 18.3. The van der Waals surface area contributed by atoms with Gasteiger partial charge in [0, 0.05) is 27.6 Å². The third-order valence-corrected chi connectivity index (χ3v) is 3.66. The summed E-state index contributed by atoms with van der Waals surface area (Å²) in [6.07, 6.45) is 4.61. The number of halogens is 1. The van der Waals surface area contributed by atoms with Gasteiger partial charge < -0.3 is 10.7 Å². The molecule has 1 aromatic heterocycles. The first-order valence-corrected chi connectivity index (χ1v) is 6.07. The van der Waals surface area contributed by atoms with Crippen molar-refractivity contribution in [3.8, 4) is 0 Å². The summed E-state index contributed by atoms with van der Waals surface area (Å²) < 4.78 is 1.11. The smallest absolute Gasteiger partial charge is 0.0458 e. The minimum Gasteiger partial charge on any atom is -0.361 e. The summed E-state index contributed by atoms with van der Waals surface area (Å²) >= 11 is 3.50. The number of nitrogens with one attached hydrogen (secondary N) is 1. The second-order valence-corrected chi connectivity index (χ2v) is 5.21. The van der Waals surface area contributed by atoms with E-state index in [2.05, 4.69) is 39.2 Å². The average molecular weight is 265 g/mol. The maximum Gasteiger partial charge on any atom is 0.0458 e. The summed E-state index contributed by atoms with van der Waals surface area (Å²) in [5.74, 6) is 0.697. The number of aromatic amines is 1. The summed E-state index contributed by atoms with van der Waals surface area (Å²) in [7, 11) is 0. The molecular formula is C12H13BrN2. The van der Waals surface area contributed by atoms with Gasteiger partial charge in [0.1, 0.15) is 0 Å². The fourth-order valence-corrected chi connectivity index (χ4v) is 2.46. The minimum absolute atomic E-state index is 0.202. The Morgan fingerprint density at radius 2 is 2.20 bits per heavy atom. The molecule has 1 aliphatic carbocycles. The minimum atomic E-state index is 0.202. The van der Waals surface area contributed by atoms with Gasteiger partial charge in [-0.15, -0.1) is 0 Å². The maximum atomic E-state index is 6.23. The molecule has 3 rings (SSSR count). The molecule has 2 nitrogen and oxygen atoms in total. The standard InChI is InChI=1S/C12H13BrN2/c13-8-3-4-11-9(5-8)10(6-15-11)12(14)7-1-2-7/h3-7,12,15H,1-2,14H2. The van der Waals surface area contributed by atoms with Crippen molar-refractivity contribution in [2.24, 2.45) is 11.7 Å². The number of nitrogens with two attached hydrogens (primary N) is 1. The Labute approximate surface area is 97.0 Å². The van der Waals surface area contributed by atoms with Gasteiger partial charge in [0.15, 0.2) is 0 Å². The lowest BCUT2D eigenvalue weighted by Crippen LogP contribution is -2.11. The van der Waals surface area contributed by atoms with Gasteiger partial charge in [-0.05, 0) is 42.5 Å². The summed E-state index contributed by atoms with van der Waals surface area (Å²) in [6, 6.07) is 6.48. The molecule has 1 aromatic carbocycles. The maximum absolute atomic E-state index is 6.23. The molecule has 2 aromatic rings. The van der Waals surface area contributed by atoms with Crippen LogP contribution in [0.5, 0.6) is 0 Å². The molecule has 0 radical (unpaired) electrons. The predicted molar refractivity (Wildman–Crippen MR) is 65.7 cm³/mol. The van der Waals surface area contributed by atoms with E-state index in [-0.39, 0.29) is 6.04 Å². The number of hydrogen-bond acceptors (Lipinski definition) is 1. The first-order chi connectivity index (χ1) is 7.25. The fraction of sp³-hybridized carbons (Fsp3) is 0.333. The number of aromatic nitrogens is 1. The second-order valence-electron chi connectivity index (χ2n) is 4.30. The highest BCUT2D eigenvalue weighted by molar-refractivity contribution is 9.10. The van der Waals surface area contributed by atoms with Crippen LogP contribution in [0.4, 0.5) is 0 Å². The van der Waals surface area contributed by atoms with E-state index in [0.717, 1.165) is 4.47 Å². The van der Waals surface area contributed by atoms with Crippen molar-refractivity contribution >= 4 is 26.8 Å². The predicted octanol–water partition coefficient (Wildman–Crippen LogP) is 3.34. The number of benzene rings is 1. The van der Waals surface area contributed by atoms with Gasteiger partial charge in [-0.25, -0.2) is 0 Å². The molecular weight excluding hydrogens is 252 g/mol. The van der Waals surface area contributed by atoms with Crippen LogP contribution >= 0.6 is 15.9 Å². The van der Waals surface area contributed by atoms with E-state index in [1.165, 1.54) is 29.3 Å². The summed E-state index contributed by atoms with van der Waals surface area (Å²) in [5, 5.41) is 1.25. The van der Waals surface area contributed by atoms with Crippen molar-refractivity contribution in [3.63, 3.8) is 0 Å². The van der Waals surface area contributed by atoms with E-state index in [0.29, 0.717) is 5.92 Å². The lowest BCUT2D eigenvalue weighted by Gasteiger charge is -2.08. The van der Waals surface area contributed by atoms with Crippen molar-refractivity contribution in [2.45, 2.75) is 18.9 Å². The van der Waals surface area contributed by atoms with E-state index in [1.807, 2.05) is 6.07 Å². The van der Waals surface area contributed by atoms with Gasteiger partial charge in [0.2, 0.25) is 0 Å². The van der Waals surface area contributed by atoms with E-state index in [9.17, 15) is 0 Å². The van der Waals surface area contributed by atoms with Crippen molar-refractivity contribution in [3.05, 3.63) is 34.4 Å². The fourth-order valence-electron chi connectivity index (χ4n) is 2.10. The summed E-state index contributed by atoms with van der Waals surface area (Å²) in [6.45, 7) is 0. The lowest BCUT2D eigenvalue weighted by atomic mass is 10.0. The van der Waals surface area contributed by atoms with Gasteiger partial charge in [-0.1, -0.05) is 15.9 Å². The van der Waals surface area contributed by atoms with Crippen LogP contribution in [0.15, 0.2) is 28.9 Å². The molecule has 3 N–H and O–H groups in total. The van der Waals surface area contributed by atoms with Crippen LogP contribution in [0.3, 0.4) is 0 Å². The van der Waals surface area contributed by atoms with Crippen LogP contribution in [-0.4, -0.2) is 4.98 Å². The molecule has 0 saturated heterocycles. The number of fused-ring (bicyclic) bond motifs is 1. The molecule has 78 valence electrons. The lowest BCUT2D eigenvalue weighted by molar-refractivity contribution is 0.638. The van der Waals surface area contributed by atoms with Crippen LogP contribution in [0.25, 0.3) is 10.9 Å². The van der Waals surface area contributed by atoms with Crippen LogP contribution in [0.2, 0.25) is 0 Å². The molecule has 15 heavy (non-hydrogen) atoms. The van der Waals surface area contributed by atoms with Crippen LogP contribution in [0.1, 0.15) is 24.4 Å². The Bertz CT molecular complexity index is 499. The van der Waals surface area contributed by atoms with Crippen LogP contribution in [-0.2, 0) is 0 Å². The van der Waals surface area contributed by atoms with Crippen molar-refractivity contribution < 1.29 is 0 Å². The quantitative estimate of drug-likeness (QED) is 0.859. The topological polar surface area (TPSA) is 41.8 Å². The van der Waals surface area contributed by atoms with Crippen molar-refractivity contribution in [1.82, 2.24) is 4.98 Å². The molecule has 1 atom stereocenters. The zero-order valence-electron chi connectivity index (χ0n) is 8.33.